The van der Waals surface area contributed by atoms with Crippen molar-refractivity contribution < 1.29 is 28.6 Å². The molecule has 0 amide bonds. The van der Waals surface area contributed by atoms with Gasteiger partial charge in [-0.05, 0) is 57.8 Å². The molecule has 1 atom stereocenters. The van der Waals surface area contributed by atoms with E-state index in [0.29, 0.717) is 25.7 Å². The Morgan fingerprint density at radius 1 is 0.328 bits per heavy atom. The summed E-state index contributed by atoms with van der Waals surface area (Å²) in [4.78, 5) is 37.9. The van der Waals surface area contributed by atoms with E-state index in [9.17, 15) is 14.4 Å². The smallest absolute Gasteiger partial charge is 0.306 e. The molecule has 6 nitrogen and oxygen atoms in total. The van der Waals surface area contributed by atoms with E-state index < -0.39 is 6.10 Å². The molecule has 0 fully saturated rings. The van der Waals surface area contributed by atoms with Crippen molar-refractivity contribution in [2.24, 2.45) is 0 Å². The van der Waals surface area contributed by atoms with Crippen molar-refractivity contribution in [2.75, 3.05) is 13.2 Å². The highest BCUT2D eigenvalue weighted by molar-refractivity contribution is 5.71. The van der Waals surface area contributed by atoms with Crippen molar-refractivity contribution in [1.82, 2.24) is 0 Å². The summed E-state index contributed by atoms with van der Waals surface area (Å²) in [5.41, 5.74) is 0. The van der Waals surface area contributed by atoms with Gasteiger partial charge in [0.25, 0.3) is 0 Å². The first-order valence-corrected chi connectivity index (χ1v) is 25.0. The van der Waals surface area contributed by atoms with Crippen LogP contribution in [0.2, 0.25) is 0 Å². The largest absolute Gasteiger partial charge is 0.462 e. The van der Waals surface area contributed by atoms with Crippen LogP contribution in [0.15, 0.2) is 146 Å². The van der Waals surface area contributed by atoms with Crippen LogP contribution in [0.3, 0.4) is 0 Å². The fourth-order valence-corrected chi connectivity index (χ4v) is 6.21. The highest BCUT2D eigenvalue weighted by Gasteiger charge is 2.19. The summed E-state index contributed by atoms with van der Waals surface area (Å²) in [6.45, 7) is 6.24. The maximum Gasteiger partial charge on any atom is 0.306 e. The molecule has 0 spiro atoms. The van der Waals surface area contributed by atoms with Crippen molar-refractivity contribution in [3.05, 3.63) is 146 Å². The molecule has 1 unspecified atom stereocenters. The quantitative estimate of drug-likeness (QED) is 0.0263. The molecule has 6 heteroatoms. The van der Waals surface area contributed by atoms with Crippen LogP contribution in [0.4, 0.5) is 0 Å². The van der Waals surface area contributed by atoms with Crippen LogP contribution in [-0.4, -0.2) is 37.2 Å². The number of unbranched alkanes of at least 4 members (excludes halogenated alkanes) is 17. The highest BCUT2D eigenvalue weighted by Crippen LogP contribution is 2.14. The number of carbonyl (C=O) groups is 3. The minimum atomic E-state index is -0.824. The lowest BCUT2D eigenvalue weighted by molar-refractivity contribution is -0.167. The second-order valence-corrected chi connectivity index (χ2v) is 15.9. The zero-order valence-electron chi connectivity index (χ0n) is 40.5. The van der Waals surface area contributed by atoms with E-state index in [2.05, 4.69) is 45.1 Å². The Kier molecular flexibility index (Phi) is 47.2. The SMILES string of the molecule is CC\C=C/C=C\C=C/C=C\C=C\C=C/CCCCCC(=O)OCC(COC(=O)CCCCCCCCCCCCCC)OC(=O)CCCCC\C=C/C=C/C=C\C=C/C=C\C=C/CC. The number of allylic oxidation sites excluding steroid dienone is 24. The van der Waals surface area contributed by atoms with Crippen molar-refractivity contribution in [2.45, 2.75) is 187 Å². The van der Waals surface area contributed by atoms with E-state index >= 15 is 0 Å². The van der Waals surface area contributed by atoms with E-state index in [-0.39, 0.29) is 37.5 Å². The molecule has 0 radical (unpaired) electrons. The molecule has 0 saturated carbocycles. The minimum absolute atomic E-state index is 0.116. The standard InChI is InChI=1S/C58H88O6/c1-4-7-10-13-16-19-22-25-27-29-31-33-36-39-42-45-48-51-57(60)63-54-55(53-62-56(59)50-47-44-41-38-35-24-21-18-15-12-9-6-3)64-58(61)52-49-46-43-40-37-34-32-30-28-26-23-20-17-14-11-8-5-2/h7-8,10-11,13-14,16-17,19-20,22-23,25-34,36-37,55H,4-6,9,12,15,18,21,24,35,38-54H2,1-3H3/b10-7-,11-8-,16-13-,17-14-,22-19-,23-20-,27-25-,28-26-,31-29+,32-30+,36-33-,37-34-. The zero-order chi connectivity index (χ0) is 46.5. The monoisotopic (exact) mass is 881 g/mol. The predicted molar refractivity (Wildman–Crippen MR) is 274 cm³/mol. The van der Waals surface area contributed by atoms with E-state index in [1.807, 2.05) is 122 Å². The summed E-state index contributed by atoms with van der Waals surface area (Å²) in [6.07, 6.45) is 72.5. The number of hydrogen-bond acceptors (Lipinski definition) is 6. The fraction of sp³-hybridized carbons (Fsp3) is 0.534. The van der Waals surface area contributed by atoms with Crippen LogP contribution >= 0.6 is 0 Å². The summed E-state index contributed by atoms with van der Waals surface area (Å²) < 4.78 is 16.7. The number of hydrogen-bond donors (Lipinski definition) is 0. The summed E-state index contributed by atoms with van der Waals surface area (Å²) in [5, 5.41) is 0. The topological polar surface area (TPSA) is 78.9 Å². The van der Waals surface area contributed by atoms with Crippen LogP contribution in [0.25, 0.3) is 0 Å². The molecule has 0 rings (SSSR count). The van der Waals surface area contributed by atoms with Crippen molar-refractivity contribution >= 4 is 17.9 Å². The minimum Gasteiger partial charge on any atom is -0.462 e. The number of carbonyl (C=O) groups excluding carboxylic acids is 3. The third-order valence-corrected chi connectivity index (χ3v) is 9.91. The van der Waals surface area contributed by atoms with Crippen molar-refractivity contribution in [3.63, 3.8) is 0 Å². The summed E-state index contributed by atoms with van der Waals surface area (Å²) in [5.74, 6) is -1.02. The van der Waals surface area contributed by atoms with Gasteiger partial charge >= 0.3 is 17.9 Å². The lowest BCUT2D eigenvalue weighted by Gasteiger charge is -2.18. The molecular formula is C58H88O6. The number of esters is 3. The molecule has 356 valence electrons. The van der Waals surface area contributed by atoms with Gasteiger partial charge in [0.15, 0.2) is 6.10 Å². The van der Waals surface area contributed by atoms with Gasteiger partial charge in [-0.25, -0.2) is 0 Å². The fourth-order valence-electron chi connectivity index (χ4n) is 6.21. The Morgan fingerprint density at radius 2 is 0.609 bits per heavy atom. The third kappa shape index (κ3) is 48.3. The molecule has 64 heavy (non-hydrogen) atoms. The van der Waals surface area contributed by atoms with Crippen LogP contribution in [0, 0.1) is 0 Å². The van der Waals surface area contributed by atoms with Crippen LogP contribution < -0.4 is 0 Å². The Hall–Kier alpha value is -4.71. The third-order valence-electron chi connectivity index (χ3n) is 9.91. The number of rotatable bonds is 42. The average Bonchev–Trinajstić information content (AvgIpc) is 3.29. The van der Waals surface area contributed by atoms with Gasteiger partial charge in [0.05, 0.1) is 0 Å². The molecule has 0 aliphatic heterocycles. The van der Waals surface area contributed by atoms with E-state index in [0.717, 1.165) is 70.6 Å². The molecule has 0 N–H and O–H groups in total. The Morgan fingerprint density at radius 3 is 0.953 bits per heavy atom. The molecule has 0 aliphatic carbocycles. The van der Waals surface area contributed by atoms with Gasteiger partial charge in [0.1, 0.15) is 13.2 Å². The lowest BCUT2D eigenvalue weighted by Crippen LogP contribution is -2.30. The normalized spacial score (nSPS) is 13.4. The van der Waals surface area contributed by atoms with Gasteiger partial charge in [-0.15, -0.1) is 0 Å². The first-order chi connectivity index (χ1) is 31.5. The van der Waals surface area contributed by atoms with Crippen LogP contribution in [-0.2, 0) is 28.6 Å². The second kappa shape index (κ2) is 50.9. The van der Waals surface area contributed by atoms with Crippen molar-refractivity contribution in [3.8, 4) is 0 Å². The summed E-state index contributed by atoms with van der Waals surface area (Å²) in [6, 6.07) is 0. The van der Waals surface area contributed by atoms with Gasteiger partial charge in [0, 0.05) is 19.3 Å². The van der Waals surface area contributed by atoms with E-state index in [4.69, 9.17) is 14.2 Å². The lowest BCUT2D eigenvalue weighted by atomic mass is 10.0. The molecular weight excluding hydrogens is 793 g/mol. The van der Waals surface area contributed by atoms with Crippen molar-refractivity contribution in [1.29, 1.82) is 0 Å². The highest BCUT2D eigenvalue weighted by atomic mass is 16.6. The number of ether oxygens (including phenoxy) is 3. The van der Waals surface area contributed by atoms with E-state index in [1.165, 1.54) is 57.8 Å². The van der Waals surface area contributed by atoms with Gasteiger partial charge < -0.3 is 14.2 Å². The maximum atomic E-state index is 12.8. The molecule has 0 aliphatic rings. The maximum absolute atomic E-state index is 12.8. The zero-order valence-corrected chi connectivity index (χ0v) is 40.5. The molecule has 0 aromatic heterocycles. The molecule has 0 heterocycles. The predicted octanol–water partition coefficient (Wildman–Crippen LogP) is 16.5. The van der Waals surface area contributed by atoms with E-state index in [1.54, 1.807) is 0 Å². The molecule has 0 aromatic rings. The summed E-state index contributed by atoms with van der Waals surface area (Å²) >= 11 is 0. The van der Waals surface area contributed by atoms with Gasteiger partial charge in [-0.2, -0.15) is 0 Å². The summed E-state index contributed by atoms with van der Waals surface area (Å²) in [7, 11) is 0. The first-order valence-electron chi connectivity index (χ1n) is 25.0. The Balaban J connectivity index is 4.61. The van der Waals surface area contributed by atoms with Crippen LogP contribution in [0.5, 0.6) is 0 Å². The Bertz CT molecular complexity index is 1480. The van der Waals surface area contributed by atoms with Gasteiger partial charge in [0.2, 0.25) is 0 Å². The first kappa shape index (κ1) is 59.3. The van der Waals surface area contributed by atoms with Gasteiger partial charge in [-0.3, -0.25) is 14.4 Å². The molecule has 0 bridgehead atoms. The second-order valence-electron chi connectivity index (χ2n) is 15.9. The van der Waals surface area contributed by atoms with Gasteiger partial charge in [-0.1, -0.05) is 250 Å². The van der Waals surface area contributed by atoms with Crippen LogP contribution in [0.1, 0.15) is 181 Å². The molecule has 0 saturated heterocycles. The Labute approximate surface area is 391 Å². The molecule has 0 aromatic carbocycles. The average molecular weight is 881 g/mol.